The van der Waals surface area contributed by atoms with E-state index in [2.05, 4.69) is 5.32 Å². The Morgan fingerprint density at radius 3 is 2.50 bits per heavy atom. The van der Waals surface area contributed by atoms with E-state index in [9.17, 15) is 18.0 Å². The minimum atomic E-state index is -0.842. The maximum absolute atomic E-state index is 13.5. The van der Waals surface area contributed by atoms with Crippen LogP contribution in [0.1, 0.15) is 5.56 Å². The number of carbonyl (C=O) groups excluding carboxylic acids is 1. The lowest BCUT2D eigenvalue weighted by Gasteiger charge is -2.17. The summed E-state index contributed by atoms with van der Waals surface area (Å²) in [6, 6.07) is 9.17. The van der Waals surface area contributed by atoms with E-state index in [0.717, 1.165) is 12.1 Å². The number of benzene rings is 2. The molecule has 22 heavy (non-hydrogen) atoms. The van der Waals surface area contributed by atoms with Crippen molar-refractivity contribution in [2.75, 3.05) is 18.9 Å². The van der Waals surface area contributed by atoms with Crippen LogP contribution < -0.4 is 5.32 Å². The quantitative estimate of drug-likeness (QED) is 0.920. The topological polar surface area (TPSA) is 32.3 Å². The third kappa shape index (κ3) is 4.33. The molecule has 1 N–H and O–H groups in total. The first-order valence-electron chi connectivity index (χ1n) is 6.62. The molecule has 0 fully saturated rings. The average Bonchev–Trinajstić information content (AvgIpc) is 2.44. The minimum Gasteiger partial charge on any atom is -0.322 e. The number of amides is 1. The Morgan fingerprint density at radius 1 is 1.09 bits per heavy atom. The molecule has 0 aliphatic heterocycles. The molecule has 3 nitrogen and oxygen atoms in total. The number of nitrogens with zero attached hydrogens (tertiary/aromatic N) is 1. The van der Waals surface area contributed by atoms with Gasteiger partial charge in [0.2, 0.25) is 5.91 Å². The Balaban J connectivity index is 1.93. The fourth-order valence-electron chi connectivity index (χ4n) is 2.00. The van der Waals surface area contributed by atoms with Gasteiger partial charge in [-0.3, -0.25) is 9.69 Å². The Kier molecular flexibility index (Phi) is 5.16. The van der Waals surface area contributed by atoms with Crippen LogP contribution in [0.2, 0.25) is 0 Å². The fraction of sp³-hybridized carbons (Fsp3) is 0.188. The van der Waals surface area contributed by atoms with Gasteiger partial charge < -0.3 is 5.32 Å². The van der Waals surface area contributed by atoms with Gasteiger partial charge >= 0.3 is 0 Å². The van der Waals surface area contributed by atoms with Gasteiger partial charge in [-0.2, -0.15) is 0 Å². The second-order valence-electron chi connectivity index (χ2n) is 4.94. The number of carbonyl (C=O) groups is 1. The summed E-state index contributed by atoms with van der Waals surface area (Å²) in [4.78, 5) is 13.4. The SMILES string of the molecule is CN(CC(=O)Nc1ccc(F)cc1F)Cc1ccccc1F. The van der Waals surface area contributed by atoms with E-state index in [-0.39, 0.29) is 24.6 Å². The summed E-state index contributed by atoms with van der Waals surface area (Å²) in [5.41, 5.74) is 0.372. The number of nitrogens with one attached hydrogen (secondary N) is 1. The Labute approximate surface area is 126 Å². The van der Waals surface area contributed by atoms with Gasteiger partial charge in [0.1, 0.15) is 17.5 Å². The van der Waals surface area contributed by atoms with Crippen LogP contribution in [0.25, 0.3) is 0 Å². The predicted molar refractivity (Wildman–Crippen MR) is 77.7 cm³/mol. The van der Waals surface area contributed by atoms with E-state index in [1.54, 1.807) is 30.1 Å². The lowest BCUT2D eigenvalue weighted by atomic mass is 10.2. The summed E-state index contributed by atoms with van der Waals surface area (Å²) in [7, 11) is 1.65. The van der Waals surface area contributed by atoms with Crippen LogP contribution in [0, 0.1) is 17.5 Å². The minimum absolute atomic E-state index is 0.0504. The zero-order valence-electron chi connectivity index (χ0n) is 11.9. The normalized spacial score (nSPS) is 10.8. The zero-order chi connectivity index (χ0) is 16.1. The second-order valence-corrected chi connectivity index (χ2v) is 4.94. The molecule has 6 heteroatoms. The van der Waals surface area contributed by atoms with E-state index in [1.807, 2.05) is 0 Å². The van der Waals surface area contributed by atoms with Gasteiger partial charge in [0.05, 0.1) is 12.2 Å². The number of hydrogen-bond donors (Lipinski definition) is 1. The van der Waals surface area contributed by atoms with Crippen molar-refractivity contribution in [2.45, 2.75) is 6.54 Å². The molecule has 0 saturated heterocycles. The van der Waals surface area contributed by atoms with Crippen LogP contribution in [-0.4, -0.2) is 24.4 Å². The summed E-state index contributed by atoms with van der Waals surface area (Å²) in [6.45, 7) is 0.192. The second kappa shape index (κ2) is 7.09. The summed E-state index contributed by atoms with van der Waals surface area (Å²) in [5.74, 6) is -2.37. The molecule has 0 atom stereocenters. The van der Waals surface area contributed by atoms with E-state index in [1.165, 1.54) is 6.07 Å². The number of hydrogen-bond acceptors (Lipinski definition) is 2. The highest BCUT2D eigenvalue weighted by Crippen LogP contribution is 2.15. The van der Waals surface area contributed by atoms with Crippen molar-refractivity contribution < 1.29 is 18.0 Å². The van der Waals surface area contributed by atoms with Crippen molar-refractivity contribution in [3.05, 3.63) is 65.5 Å². The molecule has 0 saturated carbocycles. The highest BCUT2D eigenvalue weighted by molar-refractivity contribution is 5.92. The van der Waals surface area contributed by atoms with Crippen molar-refractivity contribution in [3.63, 3.8) is 0 Å². The van der Waals surface area contributed by atoms with Gasteiger partial charge in [0.15, 0.2) is 0 Å². The summed E-state index contributed by atoms with van der Waals surface area (Å²) in [5, 5.41) is 2.35. The van der Waals surface area contributed by atoms with Crippen molar-refractivity contribution in [2.24, 2.45) is 0 Å². The molecule has 1 amide bonds. The molecule has 0 aliphatic rings. The molecule has 0 unspecified atom stereocenters. The number of halogens is 3. The molecule has 0 bridgehead atoms. The van der Waals surface area contributed by atoms with Crippen molar-refractivity contribution in [3.8, 4) is 0 Å². The predicted octanol–water partition coefficient (Wildman–Crippen LogP) is 3.17. The molecule has 116 valence electrons. The molecule has 0 heterocycles. The Morgan fingerprint density at radius 2 is 1.82 bits per heavy atom. The molecule has 0 radical (unpaired) electrons. The van der Waals surface area contributed by atoms with Gasteiger partial charge in [-0.05, 0) is 25.2 Å². The smallest absolute Gasteiger partial charge is 0.238 e. The Bertz CT molecular complexity index is 676. The molecular formula is C16H15F3N2O. The van der Waals surface area contributed by atoms with E-state index in [0.29, 0.717) is 11.6 Å². The van der Waals surface area contributed by atoms with Gasteiger partial charge in [-0.25, -0.2) is 13.2 Å². The molecule has 0 spiro atoms. The third-order valence-corrected chi connectivity index (χ3v) is 3.02. The Hall–Kier alpha value is -2.34. The lowest BCUT2D eigenvalue weighted by Crippen LogP contribution is -2.30. The summed E-state index contributed by atoms with van der Waals surface area (Å²) < 4.78 is 39.7. The maximum Gasteiger partial charge on any atom is 0.238 e. The lowest BCUT2D eigenvalue weighted by molar-refractivity contribution is -0.117. The molecule has 2 aromatic carbocycles. The monoisotopic (exact) mass is 308 g/mol. The molecule has 0 aromatic heterocycles. The standard InChI is InChI=1S/C16H15F3N2O/c1-21(9-11-4-2-3-5-13(11)18)10-16(22)20-15-7-6-12(17)8-14(15)19/h2-8H,9-10H2,1H3,(H,20,22). The van der Waals surface area contributed by atoms with Crippen molar-refractivity contribution in [1.29, 1.82) is 0 Å². The van der Waals surface area contributed by atoms with Crippen LogP contribution >= 0.6 is 0 Å². The molecular weight excluding hydrogens is 293 g/mol. The largest absolute Gasteiger partial charge is 0.322 e. The first-order chi connectivity index (χ1) is 10.5. The van der Waals surface area contributed by atoms with Crippen molar-refractivity contribution >= 4 is 11.6 Å². The van der Waals surface area contributed by atoms with Crippen molar-refractivity contribution in [1.82, 2.24) is 4.90 Å². The van der Waals surface area contributed by atoms with E-state index in [4.69, 9.17) is 0 Å². The van der Waals surface area contributed by atoms with E-state index >= 15 is 0 Å². The highest BCUT2D eigenvalue weighted by atomic mass is 19.1. The van der Waals surface area contributed by atoms with Crippen LogP contribution in [0.15, 0.2) is 42.5 Å². The van der Waals surface area contributed by atoms with Crippen LogP contribution in [0.5, 0.6) is 0 Å². The van der Waals surface area contributed by atoms with Crippen LogP contribution in [0.4, 0.5) is 18.9 Å². The first kappa shape index (κ1) is 16.0. The molecule has 2 rings (SSSR count). The fourth-order valence-corrected chi connectivity index (χ4v) is 2.00. The highest BCUT2D eigenvalue weighted by Gasteiger charge is 2.12. The van der Waals surface area contributed by atoms with Crippen LogP contribution in [0.3, 0.4) is 0 Å². The summed E-state index contributed by atoms with van der Waals surface area (Å²) in [6.07, 6.45) is 0. The zero-order valence-corrected chi connectivity index (χ0v) is 11.9. The van der Waals surface area contributed by atoms with Gasteiger partial charge in [-0.1, -0.05) is 18.2 Å². The van der Waals surface area contributed by atoms with Gasteiger partial charge in [0.25, 0.3) is 0 Å². The number of anilines is 1. The summed E-state index contributed by atoms with van der Waals surface area (Å²) >= 11 is 0. The number of likely N-dealkylation sites (N-methyl/N-ethyl adjacent to an activating group) is 1. The first-order valence-corrected chi connectivity index (χ1v) is 6.62. The van der Waals surface area contributed by atoms with E-state index < -0.39 is 17.5 Å². The third-order valence-electron chi connectivity index (χ3n) is 3.02. The average molecular weight is 308 g/mol. The van der Waals surface area contributed by atoms with Crippen LogP contribution in [-0.2, 0) is 11.3 Å². The molecule has 0 aliphatic carbocycles. The van der Waals surface area contributed by atoms with Gasteiger partial charge in [0, 0.05) is 18.2 Å². The molecule has 2 aromatic rings. The van der Waals surface area contributed by atoms with Gasteiger partial charge in [-0.15, -0.1) is 0 Å². The number of rotatable bonds is 5. The maximum atomic E-state index is 13.5.